The molecule has 2 atom stereocenters. The van der Waals surface area contributed by atoms with Crippen molar-refractivity contribution in [2.24, 2.45) is 11.3 Å². The minimum atomic E-state index is -0.919. The molecule has 2 aromatic rings. The van der Waals surface area contributed by atoms with Crippen LogP contribution in [0, 0.1) is 11.3 Å². The van der Waals surface area contributed by atoms with E-state index >= 15 is 0 Å². The van der Waals surface area contributed by atoms with Crippen LogP contribution >= 0.6 is 11.3 Å². The average molecular weight is 441 g/mol. The second-order valence-corrected chi connectivity index (χ2v) is 10.5. The molecular formula is C23H28N4O3S. The Hall–Kier alpha value is -2.74. The first-order valence-electron chi connectivity index (χ1n) is 10.6. The van der Waals surface area contributed by atoms with Crippen molar-refractivity contribution in [2.45, 2.75) is 45.6 Å². The van der Waals surface area contributed by atoms with Crippen molar-refractivity contribution < 1.29 is 14.4 Å². The van der Waals surface area contributed by atoms with Gasteiger partial charge in [-0.25, -0.2) is 9.78 Å². The van der Waals surface area contributed by atoms with E-state index < -0.39 is 11.6 Å². The molecule has 1 spiro atoms. The molecule has 7 nitrogen and oxygen atoms in total. The normalized spacial score (nSPS) is 25.1. The number of para-hydroxylation sites is 1. The lowest BCUT2D eigenvalue weighted by molar-refractivity contribution is -0.137. The van der Waals surface area contributed by atoms with Crippen molar-refractivity contribution in [1.82, 2.24) is 15.2 Å². The van der Waals surface area contributed by atoms with Crippen LogP contribution in [0.2, 0.25) is 0 Å². The lowest BCUT2D eigenvalue weighted by atomic mass is 9.64. The number of aromatic nitrogens is 1. The Kier molecular flexibility index (Phi) is 5.37. The number of fused-ring (bicyclic) bond motifs is 1. The summed E-state index contributed by atoms with van der Waals surface area (Å²) in [5.41, 5.74) is -0.175. The Morgan fingerprint density at radius 1 is 1.35 bits per heavy atom. The van der Waals surface area contributed by atoms with Crippen molar-refractivity contribution in [1.29, 1.82) is 0 Å². The number of urea groups is 1. The van der Waals surface area contributed by atoms with E-state index in [-0.39, 0.29) is 30.3 Å². The maximum absolute atomic E-state index is 13.4. The van der Waals surface area contributed by atoms with Crippen LogP contribution in [0.1, 0.15) is 40.0 Å². The summed E-state index contributed by atoms with van der Waals surface area (Å²) in [6.07, 6.45) is 3.79. The Bertz CT molecular complexity index is 1030. The summed E-state index contributed by atoms with van der Waals surface area (Å²) in [4.78, 5) is 46.4. The fourth-order valence-electron chi connectivity index (χ4n) is 5.26. The Morgan fingerprint density at radius 3 is 2.77 bits per heavy atom. The van der Waals surface area contributed by atoms with Crippen molar-refractivity contribution in [3.63, 3.8) is 0 Å². The van der Waals surface area contributed by atoms with Crippen molar-refractivity contribution >= 4 is 44.5 Å². The first kappa shape index (κ1) is 21.5. The van der Waals surface area contributed by atoms with Crippen molar-refractivity contribution in [2.75, 3.05) is 18.0 Å². The van der Waals surface area contributed by atoms with Crippen LogP contribution in [-0.2, 0) is 9.59 Å². The summed E-state index contributed by atoms with van der Waals surface area (Å²) in [5.74, 6) is -0.348. The second-order valence-electron chi connectivity index (χ2n) is 9.52. The number of carbonyl (C=O) groups excluding carboxylic acids is 3. The fraction of sp³-hybridized carbons (Fsp3) is 0.478. The van der Waals surface area contributed by atoms with Crippen LogP contribution in [-0.4, -0.2) is 46.4 Å². The molecule has 2 fully saturated rings. The van der Waals surface area contributed by atoms with E-state index in [0.717, 1.165) is 21.5 Å². The summed E-state index contributed by atoms with van der Waals surface area (Å²) in [6, 6.07) is 7.15. The molecule has 1 N–H and O–H groups in total. The predicted molar refractivity (Wildman–Crippen MR) is 122 cm³/mol. The lowest BCUT2D eigenvalue weighted by Gasteiger charge is -2.43. The number of hydrogen-bond acceptors (Lipinski definition) is 5. The molecule has 2 heterocycles. The molecule has 164 valence electrons. The lowest BCUT2D eigenvalue weighted by Crippen LogP contribution is -2.54. The van der Waals surface area contributed by atoms with Gasteiger partial charge in [-0.3, -0.25) is 19.4 Å². The van der Waals surface area contributed by atoms with Crippen molar-refractivity contribution in [3.05, 3.63) is 36.9 Å². The maximum atomic E-state index is 13.4. The number of imide groups is 1. The summed E-state index contributed by atoms with van der Waals surface area (Å²) in [7, 11) is 0. The van der Waals surface area contributed by atoms with E-state index in [1.165, 1.54) is 16.2 Å². The van der Waals surface area contributed by atoms with Gasteiger partial charge < -0.3 is 5.32 Å². The van der Waals surface area contributed by atoms with Crippen molar-refractivity contribution in [3.8, 4) is 0 Å². The zero-order valence-electron chi connectivity index (χ0n) is 18.2. The number of hydrogen-bond donors (Lipinski definition) is 1. The highest BCUT2D eigenvalue weighted by atomic mass is 32.1. The fourth-order valence-corrected chi connectivity index (χ4v) is 6.25. The number of nitrogens with one attached hydrogen (secondary N) is 1. The summed E-state index contributed by atoms with van der Waals surface area (Å²) >= 11 is 1.40. The molecule has 1 saturated carbocycles. The summed E-state index contributed by atoms with van der Waals surface area (Å²) in [5, 5.41) is 3.45. The maximum Gasteiger partial charge on any atom is 0.325 e. The molecule has 2 aliphatic rings. The molecule has 1 aromatic carbocycles. The van der Waals surface area contributed by atoms with Gasteiger partial charge in [0.1, 0.15) is 12.1 Å². The van der Waals surface area contributed by atoms with E-state index in [0.29, 0.717) is 23.9 Å². The number of rotatable bonds is 5. The molecule has 1 aromatic heterocycles. The topological polar surface area (TPSA) is 82.6 Å². The van der Waals surface area contributed by atoms with Gasteiger partial charge in [0.05, 0.1) is 10.2 Å². The molecule has 0 unspecified atom stereocenters. The van der Waals surface area contributed by atoms with Gasteiger partial charge in [0.25, 0.3) is 5.91 Å². The molecule has 0 bridgehead atoms. The van der Waals surface area contributed by atoms with Crippen LogP contribution in [0.5, 0.6) is 0 Å². The number of thiazole rings is 1. The van der Waals surface area contributed by atoms with E-state index in [4.69, 9.17) is 0 Å². The quantitative estimate of drug-likeness (QED) is 0.564. The Morgan fingerprint density at radius 2 is 2.10 bits per heavy atom. The van der Waals surface area contributed by atoms with E-state index in [1.54, 1.807) is 6.08 Å². The minimum Gasteiger partial charge on any atom is -0.323 e. The number of benzene rings is 1. The van der Waals surface area contributed by atoms with Gasteiger partial charge in [0.15, 0.2) is 5.13 Å². The Labute approximate surface area is 186 Å². The number of anilines is 1. The summed E-state index contributed by atoms with van der Waals surface area (Å²) < 4.78 is 0.965. The first-order valence-corrected chi connectivity index (χ1v) is 11.4. The SMILES string of the molecule is C=CCN(C(=O)CN1C(=O)N[C@]2(C[C@@H](C)CC(C)(C)C2)C1=O)c1nc2ccccc2s1. The smallest absolute Gasteiger partial charge is 0.323 e. The molecule has 0 radical (unpaired) electrons. The third kappa shape index (κ3) is 3.96. The van der Waals surface area contributed by atoms with Crippen LogP contribution in [0.4, 0.5) is 9.93 Å². The van der Waals surface area contributed by atoms with Crippen LogP contribution in [0.25, 0.3) is 10.2 Å². The van der Waals surface area contributed by atoms with Gasteiger partial charge in [-0.05, 0) is 42.7 Å². The standard InChI is InChI=1S/C23H28N4O3S/c1-5-10-26(21-24-16-8-6-7-9-17(16)31-21)18(28)13-27-19(29)23(25-20(27)30)12-15(2)11-22(3,4)14-23/h5-9,15H,1,10-14H2,2-4H3,(H,25,30)/t15-,23-/m0/s1. The molecule has 4 amide bonds. The van der Waals surface area contributed by atoms with Crippen LogP contribution < -0.4 is 10.2 Å². The van der Waals surface area contributed by atoms with E-state index in [1.807, 2.05) is 24.3 Å². The largest absolute Gasteiger partial charge is 0.325 e. The average Bonchev–Trinajstić information content (AvgIpc) is 3.19. The second kappa shape index (κ2) is 7.75. The van der Waals surface area contributed by atoms with E-state index in [9.17, 15) is 14.4 Å². The molecule has 1 aliphatic carbocycles. The van der Waals surface area contributed by atoms with Gasteiger partial charge >= 0.3 is 6.03 Å². The van der Waals surface area contributed by atoms with Gasteiger partial charge in [0.2, 0.25) is 5.91 Å². The molecular weight excluding hydrogens is 412 g/mol. The molecule has 31 heavy (non-hydrogen) atoms. The highest BCUT2D eigenvalue weighted by Gasteiger charge is 2.56. The van der Waals surface area contributed by atoms with Gasteiger partial charge in [-0.2, -0.15) is 0 Å². The molecule has 1 aliphatic heterocycles. The van der Waals surface area contributed by atoms with Gasteiger partial charge in [0, 0.05) is 6.54 Å². The zero-order valence-corrected chi connectivity index (χ0v) is 19.0. The molecule has 1 saturated heterocycles. The molecule has 4 rings (SSSR count). The highest BCUT2D eigenvalue weighted by Crippen LogP contribution is 2.46. The summed E-state index contributed by atoms with van der Waals surface area (Å²) in [6.45, 7) is 10.0. The zero-order chi connectivity index (χ0) is 22.4. The monoisotopic (exact) mass is 440 g/mol. The Balaban J connectivity index is 1.57. The third-order valence-electron chi connectivity index (χ3n) is 6.04. The third-order valence-corrected chi connectivity index (χ3v) is 7.10. The van der Waals surface area contributed by atoms with E-state index in [2.05, 4.69) is 37.7 Å². The van der Waals surface area contributed by atoms with Gasteiger partial charge in [-0.1, -0.05) is 50.3 Å². The highest BCUT2D eigenvalue weighted by molar-refractivity contribution is 7.22. The number of amides is 4. The van der Waals surface area contributed by atoms with Crippen LogP contribution in [0.15, 0.2) is 36.9 Å². The first-order chi connectivity index (χ1) is 14.6. The molecule has 8 heteroatoms. The van der Waals surface area contributed by atoms with Crippen LogP contribution in [0.3, 0.4) is 0 Å². The van der Waals surface area contributed by atoms with Gasteiger partial charge in [-0.15, -0.1) is 6.58 Å². The number of nitrogens with zero attached hydrogens (tertiary/aromatic N) is 3. The minimum absolute atomic E-state index is 0.0590. The predicted octanol–water partition coefficient (Wildman–Crippen LogP) is 3.95. The number of carbonyl (C=O) groups is 3.